The average molecular weight is 338 g/mol. The second-order valence-electron chi connectivity index (χ2n) is 6.34. The molecule has 5 heteroatoms. The van der Waals surface area contributed by atoms with Crippen LogP contribution in [0.4, 0.5) is 14.5 Å². The summed E-state index contributed by atoms with van der Waals surface area (Å²) in [5.41, 5.74) is 2.07. The van der Waals surface area contributed by atoms with Crippen LogP contribution in [-0.2, 0) is 0 Å². The molecule has 126 valence electrons. The van der Waals surface area contributed by atoms with Gasteiger partial charge in [-0.2, -0.15) is 5.26 Å². The third kappa shape index (κ3) is 2.74. The lowest BCUT2D eigenvalue weighted by molar-refractivity contribution is 0.367. The van der Waals surface area contributed by atoms with Crippen molar-refractivity contribution in [3.63, 3.8) is 0 Å². The smallest absolute Gasteiger partial charge is 0.174 e. The highest BCUT2D eigenvalue weighted by atomic mass is 19.1. The number of benzene rings is 2. The van der Waals surface area contributed by atoms with Crippen LogP contribution in [0.5, 0.6) is 5.75 Å². The zero-order valence-corrected chi connectivity index (χ0v) is 13.4. The number of nitriles is 1. The Labute approximate surface area is 144 Å². The molecule has 3 nitrogen and oxygen atoms in total. The van der Waals surface area contributed by atoms with Crippen LogP contribution in [0.3, 0.4) is 0 Å². The van der Waals surface area contributed by atoms with Crippen molar-refractivity contribution in [2.24, 2.45) is 5.92 Å². The summed E-state index contributed by atoms with van der Waals surface area (Å²) in [5.74, 6) is -0.279. The number of allylic oxidation sites excluding steroid dienone is 2. The first kappa shape index (κ1) is 15.6. The zero-order valence-electron chi connectivity index (χ0n) is 13.4. The summed E-state index contributed by atoms with van der Waals surface area (Å²) in [5, 5.41) is 11.8. The van der Waals surface area contributed by atoms with Gasteiger partial charge in [-0.3, -0.25) is 0 Å². The van der Waals surface area contributed by atoms with E-state index in [1.807, 2.05) is 36.4 Å². The number of halogens is 2. The summed E-state index contributed by atoms with van der Waals surface area (Å²) >= 11 is 0. The Morgan fingerprint density at radius 1 is 1.20 bits per heavy atom. The fourth-order valence-corrected chi connectivity index (χ4v) is 3.84. The Kier molecular flexibility index (Phi) is 3.89. The van der Waals surface area contributed by atoms with E-state index in [1.165, 1.54) is 6.07 Å². The molecule has 4 rings (SSSR count). The molecule has 0 unspecified atom stereocenters. The number of anilines is 1. The van der Waals surface area contributed by atoms with Crippen LogP contribution in [0.2, 0.25) is 0 Å². The maximum atomic E-state index is 14.3. The van der Waals surface area contributed by atoms with Crippen molar-refractivity contribution in [2.45, 2.75) is 18.4 Å². The molecule has 1 N–H and O–H groups in total. The van der Waals surface area contributed by atoms with E-state index >= 15 is 0 Å². The maximum Gasteiger partial charge on any atom is 0.174 e. The first-order valence-electron chi connectivity index (χ1n) is 8.19. The van der Waals surface area contributed by atoms with Gasteiger partial charge in [-0.1, -0.05) is 24.3 Å². The Bertz CT molecular complexity index is 871. The van der Waals surface area contributed by atoms with Gasteiger partial charge >= 0.3 is 0 Å². The topological polar surface area (TPSA) is 45.0 Å². The van der Waals surface area contributed by atoms with Gasteiger partial charge in [0.25, 0.3) is 0 Å². The van der Waals surface area contributed by atoms with E-state index in [1.54, 1.807) is 0 Å². The third-order valence-electron chi connectivity index (χ3n) is 4.93. The summed E-state index contributed by atoms with van der Waals surface area (Å²) in [6.45, 7) is -0.000203. The lowest BCUT2D eigenvalue weighted by atomic mass is 9.77. The van der Waals surface area contributed by atoms with Gasteiger partial charge in [0, 0.05) is 12.0 Å². The van der Waals surface area contributed by atoms with Gasteiger partial charge in [-0.25, -0.2) is 8.78 Å². The highest BCUT2D eigenvalue weighted by molar-refractivity contribution is 5.60. The van der Waals surface area contributed by atoms with E-state index in [0.717, 1.165) is 18.1 Å². The molecule has 25 heavy (non-hydrogen) atoms. The Morgan fingerprint density at radius 2 is 2.00 bits per heavy atom. The fraction of sp³-hybridized carbons (Fsp3) is 0.250. The quantitative estimate of drug-likeness (QED) is 0.826. The average Bonchev–Trinajstić information content (AvgIpc) is 3.10. The van der Waals surface area contributed by atoms with Crippen molar-refractivity contribution < 1.29 is 13.5 Å². The minimum absolute atomic E-state index is 0.000203. The van der Waals surface area contributed by atoms with Gasteiger partial charge in [0.2, 0.25) is 0 Å². The summed E-state index contributed by atoms with van der Waals surface area (Å²) in [4.78, 5) is 0. The predicted molar refractivity (Wildman–Crippen MR) is 90.3 cm³/mol. The molecular weight excluding hydrogens is 322 g/mol. The molecule has 2 aliphatic rings. The first-order valence-corrected chi connectivity index (χ1v) is 8.19. The third-order valence-corrected chi connectivity index (χ3v) is 4.93. The summed E-state index contributed by atoms with van der Waals surface area (Å²) in [6.07, 6.45) is 4.97. The van der Waals surface area contributed by atoms with Crippen LogP contribution >= 0.6 is 0 Å². The minimum Gasteiger partial charge on any atom is -0.479 e. The molecule has 1 aliphatic heterocycles. The van der Waals surface area contributed by atoms with Gasteiger partial charge in [0.1, 0.15) is 23.5 Å². The van der Waals surface area contributed by atoms with Crippen LogP contribution in [0, 0.1) is 28.9 Å². The number of fused-ring (bicyclic) bond motifs is 3. The molecule has 0 spiro atoms. The van der Waals surface area contributed by atoms with Gasteiger partial charge in [0.15, 0.2) is 6.61 Å². The van der Waals surface area contributed by atoms with Crippen LogP contribution in [0.25, 0.3) is 0 Å². The Morgan fingerprint density at radius 3 is 2.76 bits per heavy atom. The number of hydrogen-bond donors (Lipinski definition) is 1. The van der Waals surface area contributed by atoms with Crippen LogP contribution in [0.1, 0.15) is 29.5 Å². The normalized spacial score (nSPS) is 23.3. The van der Waals surface area contributed by atoms with E-state index < -0.39 is 11.6 Å². The molecule has 0 radical (unpaired) electrons. The standard InChI is InChI=1S/C20H16F2N2O/c21-13-10-17-15-2-1-3-16(15)19(24-20(17)18(22)11-13)12-4-6-14(7-5-12)25-9-8-23/h1-2,4-7,10-11,15-16,19,24H,3,9H2/t15-,16-,19+/m1/s1. The van der Waals surface area contributed by atoms with E-state index in [2.05, 4.69) is 11.4 Å². The number of nitrogens with zero attached hydrogens (tertiary/aromatic N) is 1. The maximum absolute atomic E-state index is 14.3. The molecule has 0 fully saturated rings. The summed E-state index contributed by atoms with van der Waals surface area (Å²) < 4.78 is 33.2. The zero-order chi connectivity index (χ0) is 17.4. The first-order chi connectivity index (χ1) is 12.2. The molecule has 1 heterocycles. The van der Waals surface area contributed by atoms with E-state index in [4.69, 9.17) is 10.00 Å². The van der Waals surface area contributed by atoms with Crippen molar-refractivity contribution in [2.75, 3.05) is 11.9 Å². The Balaban J connectivity index is 1.68. The number of hydrogen-bond acceptors (Lipinski definition) is 3. The monoisotopic (exact) mass is 338 g/mol. The highest BCUT2D eigenvalue weighted by Crippen LogP contribution is 2.50. The van der Waals surface area contributed by atoms with Crippen molar-refractivity contribution in [3.05, 3.63) is 71.3 Å². The lowest BCUT2D eigenvalue weighted by Gasteiger charge is -2.37. The van der Waals surface area contributed by atoms with E-state index in [9.17, 15) is 8.78 Å². The van der Waals surface area contributed by atoms with Crippen LogP contribution in [0.15, 0.2) is 48.6 Å². The van der Waals surface area contributed by atoms with Gasteiger partial charge in [-0.05, 0) is 41.7 Å². The van der Waals surface area contributed by atoms with Crippen LogP contribution < -0.4 is 10.1 Å². The SMILES string of the molecule is N#CCOc1ccc([C@@H]2Nc3c(F)cc(F)cc3[C@@H]3C=CC[C@H]32)cc1. The molecule has 0 bridgehead atoms. The minimum atomic E-state index is -0.562. The fourth-order valence-electron chi connectivity index (χ4n) is 3.84. The van der Waals surface area contributed by atoms with Gasteiger partial charge in [0.05, 0.1) is 11.7 Å². The molecule has 3 atom stereocenters. The number of rotatable bonds is 3. The Hall–Kier alpha value is -2.87. The molecule has 0 amide bonds. The molecule has 0 saturated carbocycles. The number of ether oxygens (including phenoxy) is 1. The van der Waals surface area contributed by atoms with Crippen molar-refractivity contribution >= 4 is 5.69 Å². The summed E-state index contributed by atoms with van der Waals surface area (Å²) in [7, 11) is 0. The molecule has 1 aliphatic carbocycles. The van der Waals surface area contributed by atoms with Crippen LogP contribution in [-0.4, -0.2) is 6.61 Å². The second-order valence-corrected chi connectivity index (χ2v) is 6.34. The van der Waals surface area contributed by atoms with Crippen molar-refractivity contribution in [3.8, 4) is 11.8 Å². The summed E-state index contributed by atoms with van der Waals surface area (Å²) in [6, 6.07) is 11.7. The molecule has 0 saturated heterocycles. The molecular formula is C20H16F2N2O. The molecule has 0 aromatic heterocycles. The highest BCUT2D eigenvalue weighted by Gasteiger charge is 2.39. The van der Waals surface area contributed by atoms with Gasteiger partial charge < -0.3 is 10.1 Å². The van der Waals surface area contributed by atoms with E-state index in [0.29, 0.717) is 17.0 Å². The molecule has 2 aromatic carbocycles. The molecule has 2 aromatic rings. The van der Waals surface area contributed by atoms with Gasteiger partial charge in [-0.15, -0.1) is 0 Å². The largest absolute Gasteiger partial charge is 0.479 e. The second kappa shape index (κ2) is 6.21. The van der Waals surface area contributed by atoms with E-state index in [-0.39, 0.29) is 24.5 Å². The van der Waals surface area contributed by atoms with Crippen molar-refractivity contribution in [1.29, 1.82) is 5.26 Å². The van der Waals surface area contributed by atoms with Crippen molar-refractivity contribution in [1.82, 2.24) is 0 Å². The lowest BCUT2D eigenvalue weighted by Crippen LogP contribution is -2.29. The number of nitrogens with one attached hydrogen (secondary N) is 1. The predicted octanol–water partition coefficient (Wildman–Crippen LogP) is 4.69.